The normalized spacial score (nSPS) is 27.8. The molecule has 0 aromatic heterocycles. The summed E-state index contributed by atoms with van der Waals surface area (Å²) in [5, 5.41) is 0. The van der Waals surface area contributed by atoms with Gasteiger partial charge in [-0.15, -0.1) is 0 Å². The highest BCUT2D eigenvalue weighted by Gasteiger charge is 2.41. The van der Waals surface area contributed by atoms with Crippen molar-refractivity contribution in [2.45, 2.75) is 39.2 Å². The van der Waals surface area contributed by atoms with Crippen LogP contribution in [0.15, 0.2) is 0 Å². The minimum Gasteiger partial charge on any atom is -0.341 e. The molecule has 0 aliphatic carbocycles. The monoisotopic (exact) mass is 316 g/mol. The molecular weight excluding hydrogens is 292 g/mol. The van der Waals surface area contributed by atoms with Crippen LogP contribution in [-0.2, 0) is 19.4 Å². The van der Waals surface area contributed by atoms with Crippen LogP contribution in [0.2, 0.25) is 0 Å². The average molecular weight is 316 g/mol. The van der Waals surface area contributed by atoms with Crippen LogP contribution < -0.4 is 0 Å². The van der Waals surface area contributed by atoms with Crippen molar-refractivity contribution in [3.05, 3.63) is 0 Å². The number of likely N-dealkylation sites (N-methyl/N-ethyl adjacent to an activating group) is 1. The van der Waals surface area contributed by atoms with Crippen LogP contribution in [0.5, 0.6) is 0 Å². The van der Waals surface area contributed by atoms with Gasteiger partial charge < -0.3 is 9.80 Å². The lowest BCUT2D eigenvalue weighted by Gasteiger charge is -2.30. The predicted molar refractivity (Wildman–Crippen MR) is 79.4 cm³/mol. The first-order chi connectivity index (χ1) is 9.89. The third-order valence-electron chi connectivity index (χ3n) is 4.48. The summed E-state index contributed by atoms with van der Waals surface area (Å²) in [7, 11) is -3.08. The van der Waals surface area contributed by atoms with Gasteiger partial charge in [0.2, 0.25) is 11.8 Å². The molecule has 2 aliphatic heterocycles. The van der Waals surface area contributed by atoms with Gasteiger partial charge in [-0.3, -0.25) is 9.59 Å². The first-order valence-corrected chi connectivity index (χ1v) is 9.51. The molecule has 2 rings (SSSR count). The minimum atomic E-state index is -3.08. The molecule has 2 fully saturated rings. The standard InChI is InChI=1S/C14H24N2O4S/c1-3-15(4-2)14(18)12-6-5-8-16(12)13(17)11-7-9-21(19,20)10-11/h11-12H,3-10H2,1-2H3/t11-,12-/m0/s1. The summed E-state index contributed by atoms with van der Waals surface area (Å²) >= 11 is 0. The fourth-order valence-electron chi connectivity index (χ4n) is 3.26. The van der Waals surface area contributed by atoms with E-state index in [9.17, 15) is 18.0 Å². The number of rotatable bonds is 4. The van der Waals surface area contributed by atoms with Crippen LogP contribution in [0, 0.1) is 5.92 Å². The van der Waals surface area contributed by atoms with Crippen LogP contribution in [0.25, 0.3) is 0 Å². The molecule has 2 saturated heterocycles. The molecule has 120 valence electrons. The maximum atomic E-state index is 12.5. The SMILES string of the molecule is CCN(CC)C(=O)[C@@H]1CCCN1C(=O)[C@H]1CCS(=O)(=O)C1. The van der Waals surface area contributed by atoms with Crippen LogP contribution in [-0.4, -0.2) is 67.2 Å². The van der Waals surface area contributed by atoms with E-state index in [0.29, 0.717) is 32.5 Å². The van der Waals surface area contributed by atoms with Crippen molar-refractivity contribution in [1.29, 1.82) is 0 Å². The third-order valence-corrected chi connectivity index (χ3v) is 6.25. The Morgan fingerprint density at radius 1 is 1.19 bits per heavy atom. The first kappa shape index (κ1) is 16.3. The number of hydrogen-bond donors (Lipinski definition) is 0. The Hall–Kier alpha value is -1.11. The van der Waals surface area contributed by atoms with E-state index in [2.05, 4.69) is 0 Å². The molecule has 2 amide bonds. The van der Waals surface area contributed by atoms with Crippen LogP contribution in [0.3, 0.4) is 0 Å². The number of carbonyl (C=O) groups excluding carboxylic acids is 2. The topological polar surface area (TPSA) is 74.8 Å². The second-order valence-electron chi connectivity index (χ2n) is 5.80. The van der Waals surface area contributed by atoms with Crippen molar-refractivity contribution in [3.8, 4) is 0 Å². The van der Waals surface area contributed by atoms with Crippen molar-refractivity contribution in [3.63, 3.8) is 0 Å². The molecule has 0 bridgehead atoms. The Morgan fingerprint density at radius 2 is 1.86 bits per heavy atom. The van der Waals surface area contributed by atoms with Gasteiger partial charge in [0, 0.05) is 19.6 Å². The molecule has 7 heteroatoms. The maximum Gasteiger partial charge on any atom is 0.245 e. The zero-order chi connectivity index (χ0) is 15.6. The molecule has 2 atom stereocenters. The lowest BCUT2D eigenvalue weighted by Crippen LogP contribution is -2.49. The number of carbonyl (C=O) groups is 2. The first-order valence-electron chi connectivity index (χ1n) is 7.69. The molecular formula is C14H24N2O4S. The van der Waals surface area contributed by atoms with Gasteiger partial charge >= 0.3 is 0 Å². The zero-order valence-corrected chi connectivity index (χ0v) is 13.6. The van der Waals surface area contributed by atoms with Crippen molar-refractivity contribution in [2.75, 3.05) is 31.1 Å². The van der Waals surface area contributed by atoms with Crippen LogP contribution in [0.4, 0.5) is 0 Å². The molecule has 0 unspecified atom stereocenters. The average Bonchev–Trinajstić information content (AvgIpc) is 3.05. The largest absolute Gasteiger partial charge is 0.341 e. The summed E-state index contributed by atoms with van der Waals surface area (Å²) in [6.07, 6.45) is 1.88. The van der Waals surface area contributed by atoms with E-state index in [-0.39, 0.29) is 23.3 Å². The highest BCUT2D eigenvalue weighted by atomic mass is 32.2. The zero-order valence-electron chi connectivity index (χ0n) is 12.7. The van der Waals surface area contributed by atoms with Crippen LogP contribution in [0.1, 0.15) is 33.1 Å². The van der Waals surface area contributed by atoms with E-state index in [4.69, 9.17) is 0 Å². The van der Waals surface area contributed by atoms with E-state index < -0.39 is 21.8 Å². The lowest BCUT2D eigenvalue weighted by atomic mass is 10.1. The second kappa shape index (κ2) is 6.34. The summed E-state index contributed by atoms with van der Waals surface area (Å²) in [5.74, 6) is -0.591. The van der Waals surface area contributed by atoms with E-state index >= 15 is 0 Å². The smallest absolute Gasteiger partial charge is 0.245 e. The lowest BCUT2D eigenvalue weighted by molar-refractivity contribution is -0.145. The van der Waals surface area contributed by atoms with Gasteiger partial charge in [-0.1, -0.05) is 0 Å². The Bertz CT molecular complexity index is 513. The third kappa shape index (κ3) is 3.39. The Morgan fingerprint density at radius 3 is 2.38 bits per heavy atom. The van der Waals surface area contributed by atoms with Gasteiger partial charge in [0.25, 0.3) is 0 Å². The van der Waals surface area contributed by atoms with E-state index in [1.165, 1.54) is 0 Å². The quantitative estimate of drug-likeness (QED) is 0.747. The fraction of sp³-hybridized carbons (Fsp3) is 0.857. The van der Waals surface area contributed by atoms with Gasteiger partial charge in [0.1, 0.15) is 6.04 Å². The Balaban J connectivity index is 2.08. The summed E-state index contributed by atoms with van der Waals surface area (Å²) < 4.78 is 23.1. The van der Waals surface area contributed by atoms with Gasteiger partial charge in [-0.05, 0) is 33.1 Å². The highest BCUT2D eigenvalue weighted by Crippen LogP contribution is 2.26. The number of nitrogens with zero attached hydrogens (tertiary/aromatic N) is 2. The van der Waals surface area contributed by atoms with Crippen LogP contribution >= 0.6 is 0 Å². The number of hydrogen-bond acceptors (Lipinski definition) is 4. The minimum absolute atomic E-state index is 0.00768. The number of amides is 2. The molecule has 0 spiro atoms. The van der Waals surface area contributed by atoms with E-state index in [0.717, 1.165) is 6.42 Å². The van der Waals surface area contributed by atoms with Gasteiger partial charge in [-0.25, -0.2) is 8.42 Å². The number of likely N-dealkylation sites (tertiary alicyclic amines) is 1. The predicted octanol–water partition coefficient (Wildman–Crippen LogP) is 0.281. The molecule has 0 aromatic carbocycles. The fourth-order valence-corrected chi connectivity index (χ4v) is 4.99. The maximum absolute atomic E-state index is 12.5. The molecule has 2 aliphatic rings. The molecule has 0 aromatic rings. The van der Waals surface area contributed by atoms with Crippen molar-refractivity contribution < 1.29 is 18.0 Å². The molecule has 0 saturated carbocycles. The Labute approximate surface area is 126 Å². The van der Waals surface area contributed by atoms with Gasteiger partial charge in [0.15, 0.2) is 9.84 Å². The molecule has 0 N–H and O–H groups in total. The second-order valence-corrected chi connectivity index (χ2v) is 8.03. The highest BCUT2D eigenvalue weighted by molar-refractivity contribution is 7.91. The summed E-state index contributed by atoms with van der Waals surface area (Å²) in [6.45, 7) is 5.67. The van der Waals surface area contributed by atoms with Crippen molar-refractivity contribution in [2.24, 2.45) is 5.92 Å². The molecule has 6 nitrogen and oxygen atoms in total. The number of sulfone groups is 1. The summed E-state index contributed by atoms with van der Waals surface area (Å²) in [4.78, 5) is 28.4. The van der Waals surface area contributed by atoms with E-state index in [1.54, 1.807) is 9.80 Å². The Kier molecular flexibility index (Phi) is 4.91. The molecule has 21 heavy (non-hydrogen) atoms. The van der Waals surface area contributed by atoms with Gasteiger partial charge in [0.05, 0.1) is 17.4 Å². The molecule has 0 radical (unpaired) electrons. The van der Waals surface area contributed by atoms with Crippen molar-refractivity contribution >= 4 is 21.7 Å². The summed E-state index contributed by atoms with van der Waals surface area (Å²) in [5.41, 5.74) is 0. The summed E-state index contributed by atoms with van der Waals surface area (Å²) in [6, 6.07) is -0.402. The van der Waals surface area contributed by atoms with E-state index in [1.807, 2.05) is 13.8 Å². The van der Waals surface area contributed by atoms with Crippen molar-refractivity contribution in [1.82, 2.24) is 9.80 Å². The van der Waals surface area contributed by atoms with Gasteiger partial charge in [-0.2, -0.15) is 0 Å². The molecule has 2 heterocycles.